The minimum absolute atomic E-state index is 0.0196. The van der Waals surface area contributed by atoms with Crippen molar-refractivity contribution < 1.29 is 33.0 Å². The largest absolute Gasteiger partial charge is 0.479 e. The SMILES string of the molecule is CCOC(=O)NS(=O)(=O)NCC(C)(O)C(=O)O. The lowest BCUT2D eigenvalue weighted by Crippen LogP contribution is -2.50. The van der Waals surface area contributed by atoms with Gasteiger partial charge in [-0.1, -0.05) is 0 Å². The molecule has 1 atom stereocenters. The molecule has 0 spiro atoms. The maximum Gasteiger partial charge on any atom is 0.421 e. The van der Waals surface area contributed by atoms with E-state index in [1.165, 1.54) is 11.6 Å². The maximum absolute atomic E-state index is 11.2. The van der Waals surface area contributed by atoms with Gasteiger partial charge in [0.05, 0.1) is 13.2 Å². The molecule has 0 heterocycles. The third-order valence-electron chi connectivity index (χ3n) is 1.56. The van der Waals surface area contributed by atoms with Crippen LogP contribution in [-0.4, -0.2) is 49.4 Å². The summed E-state index contributed by atoms with van der Waals surface area (Å²) in [4.78, 5) is 21.3. The van der Waals surface area contributed by atoms with E-state index in [0.717, 1.165) is 6.92 Å². The fourth-order valence-corrected chi connectivity index (χ4v) is 1.44. The molecular weight excluding hydrogens is 256 g/mol. The molecule has 0 aliphatic rings. The summed E-state index contributed by atoms with van der Waals surface area (Å²) >= 11 is 0. The molecule has 9 nitrogen and oxygen atoms in total. The van der Waals surface area contributed by atoms with Crippen LogP contribution in [0.1, 0.15) is 13.8 Å². The highest BCUT2D eigenvalue weighted by atomic mass is 32.2. The van der Waals surface area contributed by atoms with Gasteiger partial charge in [0.2, 0.25) is 0 Å². The third-order valence-corrected chi connectivity index (χ3v) is 2.52. The van der Waals surface area contributed by atoms with Gasteiger partial charge in [-0.05, 0) is 13.8 Å². The van der Waals surface area contributed by atoms with Gasteiger partial charge in [0.1, 0.15) is 0 Å². The molecule has 10 heteroatoms. The molecule has 0 fully saturated rings. The lowest BCUT2D eigenvalue weighted by atomic mass is 10.1. The predicted octanol–water partition coefficient (Wildman–Crippen LogP) is -1.60. The summed E-state index contributed by atoms with van der Waals surface area (Å²) in [6, 6.07) is 0. The zero-order valence-electron chi connectivity index (χ0n) is 9.26. The van der Waals surface area contributed by atoms with Crippen molar-refractivity contribution in [3.05, 3.63) is 0 Å². The molecular formula is C7H14N2O7S. The quantitative estimate of drug-likeness (QED) is 0.455. The minimum atomic E-state index is -4.27. The van der Waals surface area contributed by atoms with Gasteiger partial charge < -0.3 is 14.9 Å². The van der Waals surface area contributed by atoms with Gasteiger partial charge in [0.15, 0.2) is 5.60 Å². The lowest BCUT2D eigenvalue weighted by Gasteiger charge is -2.18. The van der Waals surface area contributed by atoms with Gasteiger partial charge in [-0.3, -0.25) is 0 Å². The first-order chi connectivity index (χ1) is 7.60. The van der Waals surface area contributed by atoms with E-state index < -0.39 is 34.4 Å². The fraction of sp³-hybridized carbons (Fsp3) is 0.714. The number of aliphatic hydroxyl groups is 1. The Morgan fingerprint density at radius 3 is 2.35 bits per heavy atom. The molecule has 0 rings (SSSR count). The second-order valence-corrected chi connectivity index (χ2v) is 4.73. The molecule has 0 aliphatic carbocycles. The molecule has 4 N–H and O–H groups in total. The Morgan fingerprint density at radius 2 is 1.94 bits per heavy atom. The second kappa shape index (κ2) is 5.80. The van der Waals surface area contributed by atoms with Gasteiger partial charge in [-0.2, -0.15) is 13.1 Å². The van der Waals surface area contributed by atoms with E-state index in [0.29, 0.717) is 0 Å². The summed E-state index contributed by atoms with van der Waals surface area (Å²) in [5.74, 6) is -1.60. The van der Waals surface area contributed by atoms with Crippen molar-refractivity contribution in [2.75, 3.05) is 13.2 Å². The number of hydrogen-bond acceptors (Lipinski definition) is 6. The topological polar surface area (TPSA) is 142 Å². The van der Waals surface area contributed by atoms with Crippen molar-refractivity contribution in [2.45, 2.75) is 19.4 Å². The van der Waals surface area contributed by atoms with E-state index in [9.17, 15) is 23.1 Å². The number of carboxylic acids is 1. The highest BCUT2D eigenvalue weighted by molar-refractivity contribution is 7.88. The standard InChI is InChI=1S/C7H14N2O7S/c1-3-16-6(12)9-17(14,15)8-4-7(2,13)5(10)11/h8,13H,3-4H2,1-2H3,(H,9,12)(H,10,11). The van der Waals surface area contributed by atoms with Crippen molar-refractivity contribution >= 4 is 22.3 Å². The van der Waals surface area contributed by atoms with E-state index in [1.54, 1.807) is 4.72 Å². The molecule has 0 saturated heterocycles. The van der Waals surface area contributed by atoms with Crippen LogP contribution in [0.2, 0.25) is 0 Å². The Labute approximate surface area is 97.9 Å². The van der Waals surface area contributed by atoms with E-state index in [1.807, 2.05) is 0 Å². The van der Waals surface area contributed by atoms with Crippen LogP contribution in [0.5, 0.6) is 0 Å². The van der Waals surface area contributed by atoms with Crippen LogP contribution in [0.25, 0.3) is 0 Å². The van der Waals surface area contributed by atoms with Crippen molar-refractivity contribution in [1.29, 1.82) is 0 Å². The first-order valence-corrected chi connectivity index (χ1v) is 5.99. The third kappa shape index (κ3) is 6.04. The zero-order chi connectivity index (χ0) is 13.7. The molecule has 0 aromatic carbocycles. The monoisotopic (exact) mass is 270 g/mol. The second-order valence-electron chi connectivity index (χ2n) is 3.23. The van der Waals surface area contributed by atoms with E-state index in [4.69, 9.17) is 5.11 Å². The van der Waals surface area contributed by atoms with Gasteiger partial charge in [0.25, 0.3) is 0 Å². The summed E-state index contributed by atoms with van der Waals surface area (Å²) < 4.78 is 29.8. The van der Waals surface area contributed by atoms with Crippen LogP contribution in [0, 0.1) is 0 Å². The van der Waals surface area contributed by atoms with E-state index >= 15 is 0 Å². The molecule has 0 saturated carbocycles. The fourth-order valence-electron chi connectivity index (χ4n) is 0.618. The van der Waals surface area contributed by atoms with Crippen molar-refractivity contribution in [1.82, 2.24) is 9.44 Å². The number of carboxylic acid groups (broad SMARTS) is 1. The Hall–Kier alpha value is -1.39. The van der Waals surface area contributed by atoms with Crippen molar-refractivity contribution in [3.8, 4) is 0 Å². The molecule has 17 heavy (non-hydrogen) atoms. The van der Waals surface area contributed by atoms with Gasteiger partial charge in [-0.15, -0.1) is 0 Å². The summed E-state index contributed by atoms with van der Waals surface area (Å²) in [6.07, 6.45) is -1.20. The number of ether oxygens (including phenoxy) is 1. The Balaban J connectivity index is 4.38. The highest BCUT2D eigenvalue weighted by Crippen LogP contribution is 2.01. The average Bonchev–Trinajstić information content (AvgIpc) is 2.14. The number of nitrogens with one attached hydrogen (secondary N) is 2. The normalized spacial score (nSPS) is 14.8. The van der Waals surface area contributed by atoms with Crippen molar-refractivity contribution in [3.63, 3.8) is 0 Å². The lowest BCUT2D eigenvalue weighted by molar-refractivity contribution is -0.155. The maximum atomic E-state index is 11.2. The summed E-state index contributed by atoms with van der Waals surface area (Å²) in [7, 11) is -4.27. The molecule has 0 aromatic rings. The summed E-state index contributed by atoms with van der Waals surface area (Å²) in [6.45, 7) is 1.57. The molecule has 0 aromatic heterocycles. The number of amides is 1. The molecule has 100 valence electrons. The number of carbonyl (C=O) groups is 2. The molecule has 1 amide bonds. The molecule has 0 radical (unpaired) electrons. The van der Waals surface area contributed by atoms with Crippen LogP contribution >= 0.6 is 0 Å². The number of rotatable bonds is 6. The van der Waals surface area contributed by atoms with E-state index in [-0.39, 0.29) is 6.61 Å². The van der Waals surface area contributed by atoms with Gasteiger partial charge in [-0.25, -0.2) is 14.3 Å². The predicted molar refractivity (Wildman–Crippen MR) is 55.3 cm³/mol. The first kappa shape index (κ1) is 15.6. The molecule has 1 unspecified atom stereocenters. The summed E-state index contributed by atoms with van der Waals surface area (Å²) in [5, 5.41) is 17.7. The molecule has 0 bridgehead atoms. The van der Waals surface area contributed by atoms with Crippen LogP contribution in [0.3, 0.4) is 0 Å². The van der Waals surface area contributed by atoms with E-state index in [2.05, 4.69) is 4.74 Å². The van der Waals surface area contributed by atoms with Crippen molar-refractivity contribution in [2.24, 2.45) is 0 Å². The van der Waals surface area contributed by atoms with Gasteiger partial charge in [0, 0.05) is 0 Å². The molecule has 0 aliphatic heterocycles. The highest BCUT2D eigenvalue weighted by Gasteiger charge is 2.31. The smallest absolute Gasteiger partial charge is 0.421 e. The average molecular weight is 270 g/mol. The van der Waals surface area contributed by atoms with Crippen LogP contribution in [-0.2, 0) is 19.7 Å². The van der Waals surface area contributed by atoms with Gasteiger partial charge >= 0.3 is 22.3 Å². The Kier molecular flexibility index (Phi) is 5.32. The van der Waals surface area contributed by atoms with Crippen LogP contribution in [0.15, 0.2) is 0 Å². The number of carbonyl (C=O) groups excluding carboxylic acids is 1. The summed E-state index contributed by atoms with van der Waals surface area (Å²) in [5.41, 5.74) is -2.27. The first-order valence-electron chi connectivity index (χ1n) is 4.50. The van der Waals surface area contributed by atoms with Crippen LogP contribution < -0.4 is 9.44 Å². The number of hydrogen-bond donors (Lipinski definition) is 4. The minimum Gasteiger partial charge on any atom is -0.479 e. The Bertz CT molecular complexity index is 389. The Morgan fingerprint density at radius 1 is 1.41 bits per heavy atom. The zero-order valence-corrected chi connectivity index (χ0v) is 10.1. The van der Waals surface area contributed by atoms with Crippen LogP contribution in [0.4, 0.5) is 4.79 Å². The number of aliphatic carboxylic acids is 1.